The van der Waals surface area contributed by atoms with Crippen LogP contribution in [0.5, 0.6) is 0 Å². The Morgan fingerprint density at radius 1 is 0.933 bits per heavy atom. The summed E-state index contributed by atoms with van der Waals surface area (Å²) in [5.41, 5.74) is -0.198. The van der Waals surface area contributed by atoms with Gasteiger partial charge in [-0.05, 0) is 30.9 Å². The Kier molecular flexibility index (Phi) is 5.19. The maximum Gasteiger partial charge on any atom is 0.268 e. The van der Waals surface area contributed by atoms with Crippen molar-refractivity contribution >= 4 is 27.3 Å². The number of fused-ring (bicyclic) bond motifs is 1. The number of likely N-dealkylation sites (tertiary alicyclic amines) is 1. The number of rotatable bonds is 4. The zero-order valence-electron chi connectivity index (χ0n) is 16.4. The van der Waals surface area contributed by atoms with E-state index in [0.29, 0.717) is 19.0 Å². The molecule has 0 spiro atoms. The second-order valence-electron chi connectivity index (χ2n) is 7.64. The number of benzene rings is 2. The summed E-state index contributed by atoms with van der Waals surface area (Å²) in [6.07, 6.45) is 1.56. The Bertz CT molecular complexity index is 1170. The second kappa shape index (κ2) is 7.68. The number of carbonyl (C=O) groups is 2. The smallest absolute Gasteiger partial charge is 0.268 e. The number of para-hydroxylation sites is 1. The zero-order chi connectivity index (χ0) is 21.5. The van der Waals surface area contributed by atoms with Crippen molar-refractivity contribution in [3.63, 3.8) is 0 Å². The van der Waals surface area contributed by atoms with Crippen molar-refractivity contribution in [2.45, 2.75) is 19.8 Å². The molecule has 1 N–H and O–H groups in total. The molecule has 156 valence electrons. The number of Topliss-reactive ketones (excluding diaryl/α,β-unsaturated/α-hetero) is 2. The predicted molar refractivity (Wildman–Crippen MR) is 111 cm³/mol. The van der Waals surface area contributed by atoms with Crippen molar-refractivity contribution in [1.82, 2.24) is 4.90 Å². The van der Waals surface area contributed by atoms with Crippen molar-refractivity contribution in [3.05, 3.63) is 76.1 Å². The SMILES string of the molecule is CC1CCN(C2=C(S(=O)(=O)Nc3ccccc3F)C(=O)c3ccccc3C2=O)CC1. The molecular formula is C22H21FN2O4S. The molecule has 1 fully saturated rings. The number of sulfonamides is 1. The topological polar surface area (TPSA) is 83.6 Å². The molecule has 0 saturated carbocycles. The van der Waals surface area contributed by atoms with Gasteiger partial charge in [-0.2, -0.15) is 0 Å². The standard InChI is InChI=1S/C22H21FN2O4S/c1-14-10-12-25(13-11-14)19-20(26)15-6-2-3-7-16(15)21(27)22(19)30(28,29)24-18-9-5-4-8-17(18)23/h2-9,14,24H,10-13H2,1H3. The lowest BCUT2D eigenvalue weighted by molar-refractivity contribution is 0.0933. The van der Waals surface area contributed by atoms with E-state index in [0.717, 1.165) is 18.9 Å². The van der Waals surface area contributed by atoms with Gasteiger partial charge in [0, 0.05) is 24.2 Å². The molecule has 0 atom stereocenters. The average Bonchev–Trinajstić information content (AvgIpc) is 2.73. The maximum atomic E-state index is 14.1. The van der Waals surface area contributed by atoms with E-state index in [2.05, 4.69) is 11.6 Å². The summed E-state index contributed by atoms with van der Waals surface area (Å²) in [6.45, 7) is 3.03. The summed E-state index contributed by atoms with van der Waals surface area (Å²) in [5.74, 6) is -1.60. The number of hydrogen-bond acceptors (Lipinski definition) is 5. The first-order valence-electron chi connectivity index (χ1n) is 9.74. The van der Waals surface area contributed by atoms with Gasteiger partial charge < -0.3 is 4.90 Å². The summed E-state index contributed by atoms with van der Waals surface area (Å²) < 4.78 is 42.8. The third-order valence-electron chi connectivity index (χ3n) is 5.54. The molecule has 2 aromatic carbocycles. The third kappa shape index (κ3) is 3.52. The molecule has 1 aliphatic carbocycles. The van der Waals surface area contributed by atoms with Gasteiger partial charge in [-0.1, -0.05) is 43.3 Å². The van der Waals surface area contributed by atoms with Crippen LogP contribution in [0.1, 0.15) is 40.5 Å². The number of anilines is 1. The van der Waals surface area contributed by atoms with E-state index >= 15 is 0 Å². The third-order valence-corrected chi connectivity index (χ3v) is 6.94. The minimum absolute atomic E-state index is 0.0329. The van der Waals surface area contributed by atoms with Crippen LogP contribution in [0.3, 0.4) is 0 Å². The van der Waals surface area contributed by atoms with Gasteiger partial charge in [0.05, 0.1) is 5.69 Å². The van der Waals surface area contributed by atoms with Crippen molar-refractivity contribution in [1.29, 1.82) is 0 Å². The number of allylic oxidation sites excluding steroid dienone is 2. The maximum absolute atomic E-state index is 14.1. The van der Waals surface area contributed by atoms with E-state index in [4.69, 9.17) is 0 Å². The molecule has 8 heteroatoms. The van der Waals surface area contributed by atoms with Gasteiger partial charge in [0.25, 0.3) is 10.0 Å². The van der Waals surface area contributed by atoms with Crippen LogP contribution >= 0.6 is 0 Å². The first kappa shape index (κ1) is 20.3. The van der Waals surface area contributed by atoms with Crippen LogP contribution in [0.2, 0.25) is 0 Å². The number of ketones is 2. The quantitative estimate of drug-likeness (QED) is 0.805. The molecule has 0 radical (unpaired) electrons. The van der Waals surface area contributed by atoms with E-state index in [-0.39, 0.29) is 22.5 Å². The van der Waals surface area contributed by atoms with Crippen molar-refractivity contribution < 1.29 is 22.4 Å². The summed E-state index contributed by atoms with van der Waals surface area (Å²) in [7, 11) is -4.52. The molecule has 0 aromatic heterocycles. The molecule has 1 aliphatic heterocycles. The van der Waals surface area contributed by atoms with Crippen LogP contribution in [-0.2, 0) is 10.0 Å². The molecule has 4 rings (SSSR count). The Morgan fingerprint density at radius 3 is 2.13 bits per heavy atom. The summed E-state index contributed by atoms with van der Waals surface area (Å²) in [5, 5.41) is 0. The molecule has 1 heterocycles. The normalized spacial score (nSPS) is 17.9. The highest BCUT2D eigenvalue weighted by molar-refractivity contribution is 7.97. The molecule has 1 saturated heterocycles. The summed E-state index contributed by atoms with van der Waals surface area (Å²) >= 11 is 0. The van der Waals surface area contributed by atoms with Crippen LogP contribution in [0.15, 0.2) is 59.1 Å². The molecule has 0 unspecified atom stereocenters. The fourth-order valence-corrected chi connectivity index (χ4v) is 5.24. The fourth-order valence-electron chi connectivity index (χ4n) is 3.85. The number of carbonyl (C=O) groups excluding carboxylic acids is 2. The lowest BCUT2D eigenvalue weighted by Crippen LogP contribution is -2.41. The van der Waals surface area contributed by atoms with Crippen molar-refractivity contribution in [2.75, 3.05) is 17.8 Å². The van der Waals surface area contributed by atoms with E-state index < -0.39 is 32.3 Å². The zero-order valence-corrected chi connectivity index (χ0v) is 17.2. The Morgan fingerprint density at radius 2 is 1.50 bits per heavy atom. The first-order chi connectivity index (χ1) is 14.3. The highest BCUT2D eigenvalue weighted by Crippen LogP contribution is 2.34. The van der Waals surface area contributed by atoms with Gasteiger partial charge in [-0.3, -0.25) is 14.3 Å². The molecule has 0 bridgehead atoms. The second-order valence-corrected chi connectivity index (χ2v) is 9.26. The van der Waals surface area contributed by atoms with E-state index in [1.165, 1.54) is 30.3 Å². The first-order valence-corrected chi connectivity index (χ1v) is 11.2. The number of hydrogen-bond donors (Lipinski definition) is 1. The fraction of sp³-hybridized carbons (Fsp3) is 0.273. The Hall–Kier alpha value is -3.00. The van der Waals surface area contributed by atoms with Gasteiger partial charge in [-0.25, -0.2) is 12.8 Å². The van der Waals surface area contributed by atoms with Gasteiger partial charge in [0.1, 0.15) is 11.5 Å². The van der Waals surface area contributed by atoms with Crippen LogP contribution in [0.4, 0.5) is 10.1 Å². The summed E-state index contributed by atoms with van der Waals surface area (Å²) in [6, 6.07) is 11.5. The van der Waals surface area contributed by atoms with E-state index in [1.54, 1.807) is 17.0 Å². The van der Waals surface area contributed by atoms with Gasteiger partial charge in [0.2, 0.25) is 11.6 Å². The van der Waals surface area contributed by atoms with Gasteiger partial charge in [-0.15, -0.1) is 0 Å². The van der Waals surface area contributed by atoms with Crippen molar-refractivity contribution in [2.24, 2.45) is 5.92 Å². The minimum Gasteiger partial charge on any atom is -0.367 e. The molecular weight excluding hydrogens is 407 g/mol. The van der Waals surface area contributed by atoms with Gasteiger partial charge >= 0.3 is 0 Å². The predicted octanol–water partition coefficient (Wildman–Crippen LogP) is 3.59. The number of nitrogens with zero attached hydrogens (tertiary/aromatic N) is 1. The highest BCUT2D eigenvalue weighted by Gasteiger charge is 2.42. The lowest BCUT2D eigenvalue weighted by Gasteiger charge is -2.35. The van der Waals surface area contributed by atoms with Crippen LogP contribution in [0, 0.1) is 11.7 Å². The largest absolute Gasteiger partial charge is 0.367 e. The van der Waals surface area contributed by atoms with Crippen LogP contribution in [-0.4, -0.2) is 38.0 Å². The monoisotopic (exact) mass is 428 g/mol. The molecule has 0 amide bonds. The molecule has 6 nitrogen and oxygen atoms in total. The molecule has 2 aliphatic rings. The average molecular weight is 428 g/mol. The van der Waals surface area contributed by atoms with Crippen LogP contribution in [0.25, 0.3) is 0 Å². The Labute approximate surface area is 174 Å². The number of halogens is 1. The number of nitrogens with one attached hydrogen (secondary N) is 1. The highest BCUT2D eigenvalue weighted by atomic mass is 32.2. The Balaban J connectivity index is 1.87. The lowest BCUT2D eigenvalue weighted by atomic mass is 9.90. The van der Waals surface area contributed by atoms with Crippen molar-refractivity contribution in [3.8, 4) is 0 Å². The number of piperidine rings is 1. The van der Waals surface area contributed by atoms with E-state index in [1.807, 2.05) is 0 Å². The van der Waals surface area contributed by atoms with Gasteiger partial charge in [0.15, 0.2) is 4.91 Å². The molecule has 2 aromatic rings. The minimum atomic E-state index is -4.52. The van der Waals surface area contributed by atoms with E-state index in [9.17, 15) is 22.4 Å². The molecule has 30 heavy (non-hydrogen) atoms. The summed E-state index contributed by atoms with van der Waals surface area (Å²) in [4.78, 5) is 27.6. The van der Waals surface area contributed by atoms with Crippen LogP contribution < -0.4 is 4.72 Å².